The number of carbonyl (C=O) groups is 1. The average molecular weight is 353 g/mol. The van der Waals surface area contributed by atoms with Gasteiger partial charge in [-0.25, -0.2) is 8.42 Å². The monoisotopic (exact) mass is 352 g/mol. The van der Waals surface area contributed by atoms with E-state index >= 15 is 0 Å². The van der Waals surface area contributed by atoms with Gasteiger partial charge in [-0.1, -0.05) is 0 Å². The summed E-state index contributed by atoms with van der Waals surface area (Å²) < 4.78 is 27.0. The lowest BCUT2D eigenvalue weighted by atomic mass is 9.89. The van der Waals surface area contributed by atoms with Crippen LogP contribution in [0.25, 0.3) is 0 Å². The predicted molar refractivity (Wildman–Crippen MR) is 72.7 cm³/mol. The van der Waals surface area contributed by atoms with Crippen LogP contribution in [0.1, 0.15) is 13.3 Å². The topological polar surface area (TPSA) is 80.5 Å². The number of carbonyl (C=O) groups excluding carboxylic acids is 1. The van der Waals surface area contributed by atoms with Crippen molar-refractivity contribution < 1.29 is 13.2 Å². The van der Waals surface area contributed by atoms with Crippen molar-refractivity contribution in [2.24, 2.45) is 11.1 Å². The molecule has 1 aliphatic heterocycles. The first-order valence-corrected chi connectivity index (χ1v) is 8.36. The number of rotatable bonds is 3. The Morgan fingerprint density at radius 3 is 2.67 bits per heavy atom. The number of halogens is 1. The van der Waals surface area contributed by atoms with Crippen LogP contribution in [0, 0.1) is 5.41 Å². The second-order valence-electron chi connectivity index (χ2n) is 4.57. The Labute approximate surface area is 118 Å². The third-order valence-corrected chi connectivity index (χ3v) is 7.11. The van der Waals surface area contributed by atoms with Gasteiger partial charge in [0, 0.05) is 13.1 Å². The lowest BCUT2D eigenvalue weighted by Crippen LogP contribution is -2.38. The Balaban J connectivity index is 2.27. The molecule has 2 N–H and O–H groups in total. The Morgan fingerprint density at radius 1 is 1.56 bits per heavy atom. The van der Waals surface area contributed by atoms with E-state index in [0.29, 0.717) is 13.0 Å². The van der Waals surface area contributed by atoms with E-state index < -0.39 is 21.3 Å². The molecule has 1 amide bonds. The Hall–Kier alpha value is -0.440. The van der Waals surface area contributed by atoms with Gasteiger partial charge in [-0.15, -0.1) is 11.3 Å². The number of sulfonamides is 1. The highest BCUT2D eigenvalue weighted by Crippen LogP contribution is 2.35. The van der Waals surface area contributed by atoms with Gasteiger partial charge in [0.05, 0.1) is 9.20 Å². The molecule has 1 unspecified atom stereocenters. The van der Waals surface area contributed by atoms with E-state index in [1.807, 2.05) is 0 Å². The number of hydrogen-bond acceptors (Lipinski definition) is 4. The molecule has 5 nitrogen and oxygen atoms in total. The maximum absolute atomic E-state index is 12.3. The molecule has 100 valence electrons. The van der Waals surface area contributed by atoms with E-state index in [1.54, 1.807) is 19.1 Å². The highest BCUT2D eigenvalue weighted by molar-refractivity contribution is 9.11. The number of amides is 1. The highest BCUT2D eigenvalue weighted by atomic mass is 79.9. The van der Waals surface area contributed by atoms with Crippen molar-refractivity contribution in [3.05, 3.63) is 15.9 Å². The summed E-state index contributed by atoms with van der Waals surface area (Å²) in [6.45, 7) is 2.19. The average Bonchev–Trinajstić information content (AvgIpc) is 2.86. The first kappa shape index (κ1) is 14.0. The molecule has 0 aliphatic carbocycles. The maximum Gasteiger partial charge on any atom is 0.252 e. The van der Waals surface area contributed by atoms with E-state index in [1.165, 1.54) is 4.31 Å². The SMILES string of the molecule is CC1(C(N)=O)CCN(S(=O)(=O)c2ccc(Br)s2)C1. The number of thiophene rings is 1. The van der Waals surface area contributed by atoms with E-state index in [2.05, 4.69) is 15.9 Å². The Bertz CT molecular complexity index is 584. The van der Waals surface area contributed by atoms with E-state index in [9.17, 15) is 13.2 Å². The zero-order valence-electron chi connectivity index (χ0n) is 9.72. The van der Waals surface area contributed by atoms with Crippen molar-refractivity contribution in [2.75, 3.05) is 13.1 Å². The molecule has 1 aromatic heterocycles. The van der Waals surface area contributed by atoms with Crippen LogP contribution in [0.15, 0.2) is 20.1 Å². The van der Waals surface area contributed by atoms with Gasteiger partial charge in [0.25, 0.3) is 10.0 Å². The van der Waals surface area contributed by atoms with Gasteiger partial charge in [0.2, 0.25) is 5.91 Å². The summed E-state index contributed by atoms with van der Waals surface area (Å²) in [6, 6.07) is 3.25. The van der Waals surface area contributed by atoms with Crippen molar-refractivity contribution in [3.63, 3.8) is 0 Å². The largest absolute Gasteiger partial charge is 0.369 e. The quantitative estimate of drug-likeness (QED) is 0.892. The molecule has 0 saturated carbocycles. The minimum absolute atomic E-state index is 0.153. The fraction of sp³-hybridized carbons (Fsp3) is 0.500. The van der Waals surface area contributed by atoms with Gasteiger partial charge in [-0.2, -0.15) is 4.31 Å². The molecule has 0 spiro atoms. The van der Waals surface area contributed by atoms with Crippen LogP contribution in [-0.2, 0) is 14.8 Å². The van der Waals surface area contributed by atoms with E-state index in [4.69, 9.17) is 5.73 Å². The molecular formula is C10H13BrN2O3S2. The summed E-state index contributed by atoms with van der Waals surface area (Å²) in [7, 11) is -3.51. The summed E-state index contributed by atoms with van der Waals surface area (Å²) in [6.07, 6.45) is 0.466. The zero-order valence-corrected chi connectivity index (χ0v) is 12.9. The summed E-state index contributed by atoms with van der Waals surface area (Å²) in [5.74, 6) is -0.451. The smallest absolute Gasteiger partial charge is 0.252 e. The third kappa shape index (κ3) is 2.34. The fourth-order valence-corrected chi connectivity index (χ4v) is 5.62. The van der Waals surface area contributed by atoms with Crippen molar-refractivity contribution in [1.82, 2.24) is 4.31 Å². The van der Waals surface area contributed by atoms with Crippen LogP contribution >= 0.6 is 27.3 Å². The summed E-state index contributed by atoms with van der Waals surface area (Å²) in [4.78, 5) is 11.3. The fourth-order valence-electron chi connectivity index (χ4n) is 1.89. The maximum atomic E-state index is 12.3. The van der Waals surface area contributed by atoms with Gasteiger partial charge < -0.3 is 5.73 Å². The molecule has 2 rings (SSSR count). The normalized spacial score (nSPS) is 25.4. The standard InChI is InChI=1S/C10H13BrN2O3S2/c1-10(9(12)14)4-5-13(6-10)18(15,16)8-3-2-7(11)17-8/h2-3H,4-6H2,1H3,(H2,12,14). The molecule has 1 aromatic rings. The molecule has 0 radical (unpaired) electrons. The molecule has 0 bridgehead atoms. The van der Waals surface area contributed by atoms with Crippen molar-refractivity contribution in [1.29, 1.82) is 0 Å². The lowest BCUT2D eigenvalue weighted by molar-refractivity contribution is -0.126. The van der Waals surface area contributed by atoms with Crippen molar-refractivity contribution in [2.45, 2.75) is 17.6 Å². The molecule has 1 aliphatic rings. The van der Waals surface area contributed by atoms with E-state index in [-0.39, 0.29) is 10.8 Å². The van der Waals surface area contributed by atoms with Crippen LogP contribution in [0.5, 0.6) is 0 Å². The van der Waals surface area contributed by atoms with Crippen LogP contribution in [0.3, 0.4) is 0 Å². The summed E-state index contributed by atoms with van der Waals surface area (Å²) in [5, 5.41) is 0. The van der Waals surface area contributed by atoms with Crippen molar-refractivity contribution >= 4 is 43.2 Å². The molecule has 0 aromatic carbocycles. The van der Waals surface area contributed by atoms with Crippen LogP contribution in [-0.4, -0.2) is 31.7 Å². The van der Waals surface area contributed by atoms with E-state index in [0.717, 1.165) is 15.1 Å². The van der Waals surface area contributed by atoms with Crippen LogP contribution in [0.4, 0.5) is 0 Å². The van der Waals surface area contributed by atoms with Crippen LogP contribution < -0.4 is 5.73 Å². The minimum Gasteiger partial charge on any atom is -0.369 e. The molecule has 8 heteroatoms. The number of nitrogens with two attached hydrogens (primary N) is 1. The molecule has 18 heavy (non-hydrogen) atoms. The van der Waals surface area contributed by atoms with Gasteiger partial charge >= 0.3 is 0 Å². The van der Waals surface area contributed by atoms with Crippen molar-refractivity contribution in [3.8, 4) is 0 Å². The second kappa shape index (κ2) is 4.59. The zero-order chi connectivity index (χ0) is 13.6. The molecule has 1 saturated heterocycles. The minimum atomic E-state index is -3.51. The first-order chi connectivity index (χ1) is 8.25. The Kier molecular flexibility index (Phi) is 3.56. The predicted octanol–water partition coefficient (Wildman–Crippen LogP) is 1.40. The van der Waals surface area contributed by atoms with Gasteiger partial charge in [0.1, 0.15) is 4.21 Å². The second-order valence-corrected chi connectivity index (χ2v) is 9.20. The molecular weight excluding hydrogens is 340 g/mol. The molecule has 1 atom stereocenters. The van der Waals surface area contributed by atoms with Gasteiger partial charge in [-0.05, 0) is 41.4 Å². The number of nitrogens with zero attached hydrogens (tertiary/aromatic N) is 1. The summed E-state index contributed by atoms with van der Waals surface area (Å²) >= 11 is 4.40. The van der Waals surface area contributed by atoms with Gasteiger partial charge in [-0.3, -0.25) is 4.79 Å². The van der Waals surface area contributed by atoms with Crippen LogP contribution in [0.2, 0.25) is 0 Å². The first-order valence-electron chi connectivity index (χ1n) is 5.31. The summed E-state index contributed by atoms with van der Waals surface area (Å²) in [5.41, 5.74) is 4.55. The number of primary amides is 1. The molecule has 2 heterocycles. The highest BCUT2D eigenvalue weighted by Gasteiger charge is 2.43. The Morgan fingerprint density at radius 2 is 2.22 bits per heavy atom. The lowest BCUT2D eigenvalue weighted by Gasteiger charge is -2.20. The molecule has 1 fully saturated rings. The number of hydrogen-bond donors (Lipinski definition) is 1. The third-order valence-electron chi connectivity index (χ3n) is 3.18. The van der Waals surface area contributed by atoms with Gasteiger partial charge in [0.15, 0.2) is 0 Å².